The third-order valence-electron chi connectivity index (χ3n) is 4.27. The van der Waals surface area contributed by atoms with Crippen LogP contribution in [0.4, 0.5) is 0 Å². The van der Waals surface area contributed by atoms with Crippen molar-refractivity contribution in [2.24, 2.45) is 18.9 Å². The molecule has 3 atom stereocenters. The van der Waals surface area contributed by atoms with E-state index in [9.17, 15) is 5.11 Å². The van der Waals surface area contributed by atoms with E-state index < -0.39 is 5.60 Å². The van der Waals surface area contributed by atoms with Gasteiger partial charge >= 0.3 is 0 Å². The van der Waals surface area contributed by atoms with Crippen LogP contribution in [0, 0.1) is 11.8 Å². The maximum atomic E-state index is 10.5. The van der Waals surface area contributed by atoms with E-state index in [0.29, 0.717) is 6.54 Å². The maximum Gasteiger partial charge on any atom is 0.102 e. The standard InChI is InChI=1S/C15H27N3O/c1-12-5-4-6-13(7-12)8-16-11-15(2,19)14-9-17-18(3)10-14/h9-10,12-13,16,19H,4-8,11H2,1-3H3. The Bertz CT molecular complexity index is 400. The van der Waals surface area contributed by atoms with Crippen LogP contribution in [0.1, 0.15) is 45.1 Å². The SMILES string of the molecule is CC1CCCC(CNCC(C)(O)c2cnn(C)c2)C1. The number of nitrogens with zero attached hydrogens (tertiary/aromatic N) is 2. The zero-order chi connectivity index (χ0) is 13.9. The van der Waals surface area contributed by atoms with E-state index in [1.54, 1.807) is 10.9 Å². The average molecular weight is 265 g/mol. The molecule has 0 saturated heterocycles. The summed E-state index contributed by atoms with van der Waals surface area (Å²) in [6, 6.07) is 0. The lowest BCUT2D eigenvalue weighted by atomic mass is 9.82. The van der Waals surface area contributed by atoms with Gasteiger partial charge < -0.3 is 10.4 Å². The monoisotopic (exact) mass is 265 g/mol. The summed E-state index contributed by atoms with van der Waals surface area (Å²) in [4.78, 5) is 0. The molecule has 1 aromatic rings. The second kappa shape index (κ2) is 6.06. The van der Waals surface area contributed by atoms with Crippen molar-refractivity contribution in [2.45, 2.75) is 45.1 Å². The van der Waals surface area contributed by atoms with Crippen molar-refractivity contribution in [1.82, 2.24) is 15.1 Å². The van der Waals surface area contributed by atoms with Crippen molar-refractivity contribution in [2.75, 3.05) is 13.1 Å². The Balaban J connectivity index is 1.78. The van der Waals surface area contributed by atoms with Crippen LogP contribution in [-0.4, -0.2) is 28.0 Å². The van der Waals surface area contributed by atoms with E-state index in [1.807, 2.05) is 20.2 Å². The summed E-state index contributed by atoms with van der Waals surface area (Å²) in [5.41, 5.74) is 0.0358. The molecule has 108 valence electrons. The van der Waals surface area contributed by atoms with Gasteiger partial charge in [-0.05, 0) is 38.1 Å². The van der Waals surface area contributed by atoms with Crippen LogP contribution < -0.4 is 5.32 Å². The highest BCUT2D eigenvalue weighted by atomic mass is 16.3. The van der Waals surface area contributed by atoms with E-state index in [4.69, 9.17) is 0 Å². The molecular weight excluding hydrogens is 238 g/mol. The zero-order valence-electron chi connectivity index (χ0n) is 12.4. The Morgan fingerprint density at radius 3 is 2.95 bits per heavy atom. The summed E-state index contributed by atoms with van der Waals surface area (Å²) in [6.45, 7) is 5.79. The van der Waals surface area contributed by atoms with Gasteiger partial charge in [0.15, 0.2) is 0 Å². The third kappa shape index (κ3) is 4.05. The average Bonchev–Trinajstić information content (AvgIpc) is 2.76. The molecule has 0 aliphatic heterocycles. The normalized spacial score (nSPS) is 27.2. The molecule has 0 amide bonds. The maximum absolute atomic E-state index is 10.5. The molecule has 2 N–H and O–H groups in total. The molecule has 2 rings (SSSR count). The molecule has 19 heavy (non-hydrogen) atoms. The molecule has 0 radical (unpaired) electrons. The molecule has 4 heteroatoms. The van der Waals surface area contributed by atoms with Gasteiger partial charge in [-0.3, -0.25) is 4.68 Å². The Labute approximate surface area is 116 Å². The molecular formula is C15H27N3O. The Morgan fingerprint density at radius 2 is 2.32 bits per heavy atom. The zero-order valence-corrected chi connectivity index (χ0v) is 12.4. The van der Waals surface area contributed by atoms with Crippen molar-refractivity contribution >= 4 is 0 Å². The summed E-state index contributed by atoms with van der Waals surface area (Å²) in [5, 5.41) is 18.0. The topological polar surface area (TPSA) is 50.1 Å². The van der Waals surface area contributed by atoms with Gasteiger partial charge in [-0.1, -0.05) is 19.8 Å². The number of hydrogen-bond donors (Lipinski definition) is 2. The molecule has 1 fully saturated rings. The highest BCUT2D eigenvalue weighted by molar-refractivity contribution is 5.14. The second-order valence-electron chi connectivity index (χ2n) is 6.45. The van der Waals surface area contributed by atoms with Gasteiger partial charge in [-0.2, -0.15) is 5.10 Å². The fourth-order valence-electron chi connectivity index (χ4n) is 3.07. The van der Waals surface area contributed by atoms with E-state index >= 15 is 0 Å². The highest BCUT2D eigenvalue weighted by Gasteiger charge is 2.25. The Morgan fingerprint density at radius 1 is 1.53 bits per heavy atom. The molecule has 1 aromatic heterocycles. The first-order valence-corrected chi connectivity index (χ1v) is 7.39. The van der Waals surface area contributed by atoms with Crippen molar-refractivity contribution < 1.29 is 5.11 Å². The van der Waals surface area contributed by atoms with Gasteiger partial charge in [0.05, 0.1) is 6.20 Å². The van der Waals surface area contributed by atoms with Gasteiger partial charge in [0, 0.05) is 25.4 Å². The van der Waals surface area contributed by atoms with Crippen molar-refractivity contribution in [3.05, 3.63) is 18.0 Å². The van der Waals surface area contributed by atoms with Gasteiger partial charge in [0.1, 0.15) is 5.60 Å². The van der Waals surface area contributed by atoms with Crippen molar-refractivity contribution in [3.63, 3.8) is 0 Å². The molecule has 1 heterocycles. The van der Waals surface area contributed by atoms with Crippen LogP contribution in [0.15, 0.2) is 12.4 Å². The van der Waals surface area contributed by atoms with Crippen molar-refractivity contribution in [1.29, 1.82) is 0 Å². The largest absolute Gasteiger partial charge is 0.384 e. The molecule has 0 bridgehead atoms. The lowest BCUT2D eigenvalue weighted by molar-refractivity contribution is 0.0551. The summed E-state index contributed by atoms with van der Waals surface area (Å²) in [7, 11) is 1.87. The Hall–Kier alpha value is -0.870. The van der Waals surface area contributed by atoms with E-state index in [0.717, 1.165) is 23.9 Å². The fraction of sp³-hybridized carbons (Fsp3) is 0.800. The number of aromatic nitrogens is 2. The molecule has 1 aliphatic carbocycles. The number of rotatable bonds is 5. The number of nitrogens with one attached hydrogen (secondary N) is 1. The van der Waals surface area contributed by atoms with Gasteiger partial charge in [0.25, 0.3) is 0 Å². The number of hydrogen-bond acceptors (Lipinski definition) is 3. The minimum Gasteiger partial charge on any atom is -0.384 e. The van der Waals surface area contributed by atoms with E-state index in [-0.39, 0.29) is 0 Å². The summed E-state index contributed by atoms with van der Waals surface area (Å²) in [5.74, 6) is 1.63. The summed E-state index contributed by atoms with van der Waals surface area (Å²) < 4.78 is 1.73. The van der Waals surface area contributed by atoms with Crippen LogP contribution in [-0.2, 0) is 12.6 Å². The minimum atomic E-state index is -0.839. The van der Waals surface area contributed by atoms with Gasteiger partial charge in [0.2, 0.25) is 0 Å². The number of aliphatic hydroxyl groups is 1. The molecule has 1 saturated carbocycles. The third-order valence-corrected chi connectivity index (χ3v) is 4.27. The van der Waals surface area contributed by atoms with Gasteiger partial charge in [-0.25, -0.2) is 0 Å². The van der Waals surface area contributed by atoms with Crippen LogP contribution in [0.2, 0.25) is 0 Å². The van der Waals surface area contributed by atoms with Crippen LogP contribution in [0.3, 0.4) is 0 Å². The summed E-state index contributed by atoms with van der Waals surface area (Å²) in [6.07, 6.45) is 9.00. The summed E-state index contributed by atoms with van der Waals surface area (Å²) >= 11 is 0. The predicted molar refractivity (Wildman–Crippen MR) is 76.8 cm³/mol. The van der Waals surface area contributed by atoms with E-state index in [2.05, 4.69) is 17.3 Å². The predicted octanol–water partition coefficient (Wildman–Crippen LogP) is 2.04. The number of aryl methyl sites for hydroxylation is 1. The molecule has 4 nitrogen and oxygen atoms in total. The first-order valence-electron chi connectivity index (χ1n) is 7.39. The fourth-order valence-corrected chi connectivity index (χ4v) is 3.07. The first kappa shape index (κ1) is 14.5. The molecule has 3 unspecified atom stereocenters. The molecule has 0 aromatic carbocycles. The van der Waals surface area contributed by atoms with Crippen LogP contribution in [0.5, 0.6) is 0 Å². The minimum absolute atomic E-state index is 0.587. The molecule has 0 spiro atoms. The first-order chi connectivity index (χ1) is 8.97. The highest BCUT2D eigenvalue weighted by Crippen LogP contribution is 2.28. The van der Waals surface area contributed by atoms with Crippen LogP contribution >= 0.6 is 0 Å². The second-order valence-corrected chi connectivity index (χ2v) is 6.45. The lowest BCUT2D eigenvalue weighted by Gasteiger charge is -2.29. The van der Waals surface area contributed by atoms with Crippen molar-refractivity contribution in [3.8, 4) is 0 Å². The van der Waals surface area contributed by atoms with E-state index in [1.165, 1.54) is 25.7 Å². The Kier molecular flexibility index (Phi) is 4.63. The smallest absolute Gasteiger partial charge is 0.102 e. The van der Waals surface area contributed by atoms with Crippen LogP contribution in [0.25, 0.3) is 0 Å². The molecule has 1 aliphatic rings. The lowest BCUT2D eigenvalue weighted by Crippen LogP contribution is -2.38. The van der Waals surface area contributed by atoms with Gasteiger partial charge in [-0.15, -0.1) is 0 Å². The quantitative estimate of drug-likeness (QED) is 0.856.